The molecule has 0 saturated carbocycles. The van der Waals surface area contributed by atoms with Crippen LogP contribution in [0.25, 0.3) is 0 Å². The van der Waals surface area contributed by atoms with E-state index in [1.807, 2.05) is 31.2 Å². The Kier molecular flexibility index (Phi) is 14.4. The van der Waals surface area contributed by atoms with Crippen LogP contribution in [0.1, 0.15) is 6.92 Å². The first-order chi connectivity index (χ1) is 10.7. The van der Waals surface area contributed by atoms with Gasteiger partial charge in [0.2, 0.25) is 0 Å². The minimum atomic E-state index is -0.629. The fourth-order valence-electron chi connectivity index (χ4n) is 1.59. The van der Waals surface area contributed by atoms with Crippen LogP contribution in [0.2, 0.25) is 0 Å². The quantitative estimate of drug-likeness (QED) is 0.186. The van der Waals surface area contributed by atoms with Crippen molar-refractivity contribution in [3.63, 3.8) is 0 Å². The van der Waals surface area contributed by atoms with Gasteiger partial charge in [-0.05, 0) is 60.0 Å². The Morgan fingerprint density at radius 1 is 1.35 bits per heavy atom. The summed E-state index contributed by atoms with van der Waals surface area (Å²) in [6.45, 7) is 4.19. The minimum Gasteiger partial charge on any atom is -0.491 e. The van der Waals surface area contributed by atoms with Crippen molar-refractivity contribution in [1.82, 2.24) is 10.6 Å². The van der Waals surface area contributed by atoms with E-state index in [-0.39, 0.29) is 30.6 Å². The van der Waals surface area contributed by atoms with Crippen LogP contribution in [0.4, 0.5) is 0 Å². The molecule has 1 aromatic rings. The second kappa shape index (κ2) is 14.4. The van der Waals surface area contributed by atoms with Crippen molar-refractivity contribution in [2.75, 3.05) is 38.2 Å². The standard InChI is InChI=1S/C15H24IN3O2S.HI/c1-3-17-15(18-8-9-22-2)19-10-13(20)11-21-14-6-4-12(16)5-7-14;/h4-7,13,20H,3,8-11H2,1-2H3,(H2,17,18,19);1H. The zero-order valence-corrected chi connectivity index (χ0v) is 18.7. The molecular weight excluding hydrogens is 540 g/mol. The number of hydrogen-bond acceptors (Lipinski definition) is 4. The normalized spacial score (nSPS) is 12.3. The highest BCUT2D eigenvalue weighted by Crippen LogP contribution is 2.13. The van der Waals surface area contributed by atoms with Crippen molar-refractivity contribution in [3.05, 3.63) is 27.8 Å². The lowest BCUT2D eigenvalue weighted by molar-refractivity contribution is 0.114. The maximum Gasteiger partial charge on any atom is 0.191 e. The van der Waals surface area contributed by atoms with E-state index in [1.54, 1.807) is 11.8 Å². The molecule has 0 aromatic heterocycles. The number of hydrogen-bond donors (Lipinski definition) is 3. The van der Waals surface area contributed by atoms with Gasteiger partial charge in [-0.1, -0.05) is 0 Å². The number of thioether (sulfide) groups is 1. The second-order valence-electron chi connectivity index (χ2n) is 4.56. The number of guanidine groups is 1. The molecule has 0 radical (unpaired) electrons. The molecule has 3 N–H and O–H groups in total. The van der Waals surface area contributed by atoms with Crippen LogP contribution in [0.5, 0.6) is 5.75 Å². The van der Waals surface area contributed by atoms with Gasteiger partial charge in [0.05, 0.1) is 6.54 Å². The van der Waals surface area contributed by atoms with Gasteiger partial charge in [-0.25, -0.2) is 0 Å². The van der Waals surface area contributed by atoms with E-state index in [2.05, 4.69) is 44.5 Å². The Bertz CT molecular complexity index is 447. The SMILES string of the molecule is CCNC(=NCC(O)COc1ccc(I)cc1)NCCSC.I. The molecule has 1 rings (SSSR count). The van der Waals surface area contributed by atoms with Gasteiger partial charge >= 0.3 is 0 Å². The number of aliphatic hydroxyl groups excluding tert-OH is 1. The molecule has 0 spiro atoms. The van der Waals surface area contributed by atoms with E-state index < -0.39 is 6.10 Å². The van der Waals surface area contributed by atoms with Crippen molar-refractivity contribution in [1.29, 1.82) is 0 Å². The molecule has 5 nitrogen and oxygen atoms in total. The van der Waals surface area contributed by atoms with Gasteiger partial charge in [-0.2, -0.15) is 11.8 Å². The zero-order valence-electron chi connectivity index (χ0n) is 13.4. The monoisotopic (exact) mass is 565 g/mol. The lowest BCUT2D eigenvalue weighted by Crippen LogP contribution is -2.39. The molecule has 0 fully saturated rings. The van der Waals surface area contributed by atoms with Crippen LogP contribution in [-0.4, -0.2) is 55.4 Å². The predicted octanol–water partition coefficient (Wildman–Crippen LogP) is 2.57. The number of halogens is 2. The van der Waals surface area contributed by atoms with Crippen LogP contribution in [0.15, 0.2) is 29.3 Å². The lowest BCUT2D eigenvalue weighted by atomic mass is 10.3. The molecule has 0 saturated heterocycles. The van der Waals surface area contributed by atoms with Crippen LogP contribution in [0, 0.1) is 3.57 Å². The summed E-state index contributed by atoms with van der Waals surface area (Å²) in [5, 5.41) is 16.3. The predicted molar refractivity (Wildman–Crippen MR) is 118 cm³/mol. The molecule has 1 aromatic carbocycles. The van der Waals surface area contributed by atoms with E-state index in [0.717, 1.165) is 34.1 Å². The highest BCUT2D eigenvalue weighted by atomic mass is 127. The molecular formula is C15H25I2N3O2S. The molecule has 1 atom stereocenters. The summed E-state index contributed by atoms with van der Waals surface area (Å²) in [6, 6.07) is 7.73. The molecule has 1 unspecified atom stereocenters. The average Bonchev–Trinajstić information content (AvgIpc) is 2.52. The Hall–Kier alpha value is 0.0600. The Labute approximate surface area is 173 Å². The maximum atomic E-state index is 9.96. The van der Waals surface area contributed by atoms with Crippen molar-refractivity contribution >= 4 is 64.3 Å². The molecule has 23 heavy (non-hydrogen) atoms. The number of nitrogens with one attached hydrogen (secondary N) is 2. The third-order valence-corrected chi connectivity index (χ3v) is 3.99. The van der Waals surface area contributed by atoms with Gasteiger partial charge in [0.15, 0.2) is 5.96 Å². The third-order valence-electron chi connectivity index (χ3n) is 2.66. The number of benzene rings is 1. The minimum absolute atomic E-state index is 0. The molecule has 0 aliphatic carbocycles. The number of aliphatic hydroxyl groups is 1. The van der Waals surface area contributed by atoms with Gasteiger partial charge in [0.1, 0.15) is 18.5 Å². The molecule has 0 heterocycles. The van der Waals surface area contributed by atoms with E-state index in [1.165, 1.54) is 0 Å². The first-order valence-electron chi connectivity index (χ1n) is 7.23. The van der Waals surface area contributed by atoms with E-state index in [9.17, 15) is 5.11 Å². The highest BCUT2D eigenvalue weighted by Gasteiger charge is 2.06. The fourth-order valence-corrected chi connectivity index (χ4v) is 2.25. The van der Waals surface area contributed by atoms with E-state index in [0.29, 0.717) is 6.54 Å². The lowest BCUT2D eigenvalue weighted by Gasteiger charge is -2.13. The largest absolute Gasteiger partial charge is 0.491 e. The van der Waals surface area contributed by atoms with Crippen molar-refractivity contribution in [2.45, 2.75) is 13.0 Å². The first-order valence-corrected chi connectivity index (χ1v) is 9.70. The summed E-state index contributed by atoms with van der Waals surface area (Å²) in [7, 11) is 0. The van der Waals surface area contributed by atoms with Gasteiger partial charge < -0.3 is 20.5 Å². The van der Waals surface area contributed by atoms with Crippen LogP contribution in [0.3, 0.4) is 0 Å². The van der Waals surface area contributed by atoms with Gasteiger partial charge in [0.25, 0.3) is 0 Å². The maximum absolute atomic E-state index is 9.96. The number of aliphatic imine (C=N–C) groups is 1. The summed E-state index contributed by atoms with van der Waals surface area (Å²) < 4.78 is 6.70. The number of ether oxygens (including phenoxy) is 1. The third kappa shape index (κ3) is 11.3. The van der Waals surface area contributed by atoms with E-state index >= 15 is 0 Å². The second-order valence-corrected chi connectivity index (χ2v) is 6.79. The van der Waals surface area contributed by atoms with Crippen molar-refractivity contribution in [2.24, 2.45) is 4.99 Å². The highest BCUT2D eigenvalue weighted by molar-refractivity contribution is 14.1. The molecule has 0 amide bonds. The summed E-state index contributed by atoms with van der Waals surface area (Å²) in [5.41, 5.74) is 0. The van der Waals surface area contributed by atoms with Crippen LogP contribution >= 0.6 is 58.3 Å². The smallest absolute Gasteiger partial charge is 0.191 e. The summed E-state index contributed by atoms with van der Waals surface area (Å²) in [6.07, 6.45) is 1.44. The molecule has 8 heteroatoms. The first kappa shape index (κ1) is 23.1. The Morgan fingerprint density at radius 3 is 2.65 bits per heavy atom. The molecule has 0 aliphatic rings. The molecule has 0 aliphatic heterocycles. The van der Waals surface area contributed by atoms with Gasteiger partial charge in [0, 0.05) is 22.4 Å². The summed E-state index contributed by atoms with van der Waals surface area (Å²) in [4.78, 5) is 4.37. The van der Waals surface area contributed by atoms with Gasteiger partial charge in [-0.15, -0.1) is 24.0 Å². The Morgan fingerprint density at radius 2 is 2.04 bits per heavy atom. The van der Waals surface area contributed by atoms with E-state index in [4.69, 9.17) is 4.74 Å². The molecule has 132 valence electrons. The average molecular weight is 565 g/mol. The van der Waals surface area contributed by atoms with Crippen molar-refractivity contribution in [3.8, 4) is 5.75 Å². The zero-order chi connectivity index (χ0) is 16.2. The van der Waals surface area contributed by atoms with Crippen molar-refractivity contribution < 1.29 is 9.84 Å². The number of nitrogens with zero attached hydrogens (tertiary/aromatic N) is 1. The summed E-state index contributed by atoms with van der Waals surface area (Å²) >= 11 is 4.02. The van der Waals surface area contributed by atoms with Crippen LogP contribution < -0.4 is 15.4 Å². The Balaban J connectivity index is 0.00000484. The summed E-state index contributed by atoms with van der Waals surface area (Å²) in [5.74, 6) is 2.50. The molecule has 0 bridgehead atoms. The fraction of sp³-hybridized carbons (Fsp3) is 0.533. The number of rotatable bonds is 9. The van der Waals surface area contributed by atoms with Gasteiger partial charge in [-0.3, -0.25) is 4.99 Å². The van der Waals surface area contributed by atoms with Crippen LogP contribution in [-0.2, 0) is 0 Å². The topological polar surface area (TPSA) is 65.9 Å².